The molecule has 0 bridgehead atoms. The molecule has 0 spiro atoms. The van der Waals surface area contributed by atoms with Gasteiger partial charge in [-0.2, -0.15) is 5.10 Å². The van der Waals surface area contributed by atoms with Gasteiger partial charge in [0.2, 0.25) is 0 Å². The number of hydrogen-bond donors (Lipinski definition) is 0. The second-order valence-corrected chi connectivity index (χ2v) is 6.57. The molecule has 0 N–H and O–H groups in total. The quantitative estimate of drug-likeness (QED) is 0.799. The second kappa shape index (κ2) is 8.11. The first-order valence-electron chi connectivity index (χ1n) is 8.65. The third-order valence-electron chi connectivity index (χ3n) is 4.41. The van der Waals surface area contributed by atoms with E-state index in [-0.39, 0.29) is 11.9 Å². The standard InChI is InChI=1S/C18H25N5O2/c1-21(2)10-11-25-17-8-4-3-7-16(17)18(24)22-9-5-6-15(12-22)23-14-19-13-20-23/h3-4,7-8,13-15H,5-6,9-12H2,1-2H3/t15-/m0/s1. The Balaban J connectivity index is 1.70. The predicted octanol–water partition coefficient (Wildman–Crippen LogP) is 1.70. The molecule has 134 valence electrons. The summed E-state index contributed by atoms with van der Waals surface area (Å²) in [7, 11) is 4.00. The van der Waals surface area contributed by atoms with Gasteiger partial charge in [-0.1, -0.05) is 12.1 Å². The van der Waals surface area contributed by atoms with Crippen molar-refractivity contribution in [2.24, 2.45) is 0 Å². The predicted molar refractivity (Wildman–Crippen MR) is 94.7 cm³/mol. The number of para-hydroxylation sites is 1. The minimum Gasteiger partial charge on any atom is -0.491 e. The molecule has 2 heterocycles. The summed E-state index contributed by atoms with van der Waals surface area (Å²) in [6, 6.07) is 7.66. The molecule has 1 aliphatic heterocycles. The van der Waals surface area contributed by atoms with Crippen molar-refractivity contribution in [2.75, 3.05) is 40.3 Å². The van der Waals surface area contributed by atoms with Crippen molar-refractivity contribution in [1.29, 1.82) is 0 Å². The molecule has 0 aliphatic carbocycles. The first kappa shape index (κ1) is 17.4. The Bertz CT molecular complexity index is 687. The van der Waals surface area contributed by atoms with Crippen molar-refractivity contribution in [1.82, 2.24) is 24.6 Å². The fraction of sp³-hybridized carbons (Fsp3) is 0.500. The number of amides is 1. The molecule has 0 unspecified atom stereocenters. The van der Waals surface area contributed by atoms with Gasteiger partial charge in [0.1, 0.15) is 25.0 Å². The molecule has 2 aromatic rings. The summed E-state index contributed by atoms with van der Waals surface area (Å²) in [5.41, 5.74) is 0.625. The number of piperidine rings is 1. The normalized spacial score (nSPS) is 17.7. The molecule has 1 atom stereocenters. The number of aromatic nitrogens is 3. The van der Waals surface area contributed by atoms with E-state index in [1.165, 1.54) is 6.33 Å². The zero-order valence-corrected chi connectivity index (χ0v) is 14.8. The molecule has 1 aromatic heterocycles. The summed E-state index contributed by atoms with van der Waals surface area (Å²) in [5, 5.41) is 4.22. The van der Waals surface area contributed by atoms with Crippen LogP contribution in [0.25, 0.3) is 0 Å². The van der Waals surface area contributed by atoms with Crippen LogP contribution in [0.15, 0.2) is 36.9 Å². The lowest BCUT2D eigenvalue weighted by molar-refractivity contribution is 0.0668. The van der Waals surface area contributed by atoms with Crippen LogP contribution in [0.3, 0.4) is 0 Å². The van der Waals surface area contributed by atoms with Crippen molar-refractivity contribution >= 4 is 5.91 Å². The molecule has 1 saturated heterocycles. The van der Waals surface area contributed by atoms with Crippen LogP contribution >= 0.6 is 0 Å². The Morgan fingerprint density at radius 2 is 2.20 bits per heavy atom. The van der Waals surface area contributed by atoms with E-state index in [4.69, 9.17) is 4.74 Å². The number of likely N-dealkylation sites (tertiary alicyclic amines) is 1. The zero-order valence-electron chi connectivity index (χ0n) is 14.8. The van der Waals surface area contributed by atoms with Crippen LogP contribution in [0.5, 0.6) is 5.75 Å². The average molecular weight is 343 g/mol. The Labute approximate surface area is 148 Å². The maximum Gasteiger partial charge on any atom is 0.257 e. The van der Waals surface area contributed by atoms with Gasteiger partial charge < -0.3 is 14.5 Å². The van der Waals surface area contributed by atoms with Gasteiger partial charge >= 0.3 is 0 Å². The van der Waals surface area contributed by atoms with Crippen molar-refractivity contribution in [2.45, 2.75) is 18.9 Å². The molecule has 1 aliphatic rings. The summed E-state index contributed by atoms with van der Waals surface area (Å²) in [4.78, 5) is 21.0. The highest BCUT2D eigenvalue weighted by atomic mass is 16.5. The average Bonchev–Trinajstić information content (AvgIpc) is 3.16. The molecule has 1 aromatic carbocycles. The topological polar surface area (TPSA) is 63.5 Å². The van der Waals surface area contributed by atoms with Crippen LogP contribution in [-0.2, 0) is 0 Å². The van der Waals surface area contributed by atoms with E-state index in [0.717, 1.165) is 25.9 Å². The SMILES string of the molecule is CN(C)CCOc1ccccc1C(=O)N1CCC[C@H](n2cncn2)C1. The fourth-order valence-electron chi connectivity index (χ4n) is 3.04. The molecule has 7 heteroatoms. The molecular weight excluding hydrogens is 318 g/mol. The van der Waals surface area contributed by atoms with Gasteiger partial charge in [-0.25, -0.2) is 9.67 Å². The van der Waals surface area contributed by atoms with E-state index < -0.39 is 0 Å². The van der Waals surface area contributed by atoms with Crippen LogP contribution in [0.1, 0.15) is 29.2 Å². The first-order chi connectivity index (χ1) is 12.1. The molecule has 7 nitrogen and oxygen atoms in total. The van der Waals surface area contributed by atoms with Crippen molar-refractivity contribution in [3.05, 3.63) is 42.5 Å². The lowest BCUT2D eigenvalue weighted by atomic mass is 10.0. The van der Waals surface area contributed by atoms with Gasteiger partial charge in [-0.05, 0) is 39.1 Å². The molecular formula is C18H25N5O2. The molecule has 1 amide bonds. The highest BCUT2D eigenvalue weighted by molar-refractivity contribution is 5.97. The van der Waals surface area contributed by atoms with E-state index in [9.17, 15) is 4.79 Å². The van der Waals surface area contributed by atoms with Gasteiger partial charge in [0.05, 0.1) is 11.6 Å². The third-order valence-corrected chi connectivity index (χ3v) is 4.41. The van der Waals surface area contributed by atoms with E-state index >= 15 is 0 Å². The van der Waals surface area contributed by atoms with E-state index in [0.29, 0.717) is 24.5 Å². The summed E-state index contributed by atoms with van der Waals surface area (Å²) in [5.74, 6) is 0.669. The number of likely N-dealkylation sites (N-methyl/N-ethyl adjacent to an activating group) is 1. The molecule has 1 fully saturated rings. The van der Waals surface area contributed by atoms with Crippen LogP contribution in [0.2, 0.25) is 0 Å². The van der Waals surface area contributed by atoms with Gasteiger partial charge in [0, 0.05) is 19.6 Å². The van der Waals surface area contributed by atoms with Gasteiger partial charge in [-0.15, -0.1) is 0 Å². The molecule has 0 saturated carbocycles. The van der Waals surface area contributed by atoms with Gasteiger partial charge in [0.15, 0.2) is 0 Å². The number of carbonyl (C=O) groups excluding carboxylic acids is 1. The molecule has 25 heavy (non-hydrogen) atoms. The van der Waals surface area contributed by atoms with Gasteiger partial charge in [0.25, 0.3) is 5.91 Å². The second-order valence-electron chi connectivity index (χ2n) is 6.57. The summed E-state index contributed by atoms with van der Waals surface area (Å²) in [6.45, 7) is 2.77. The van der Waals surface area contributed by atoms with E-state index in [1.54, 1.807) is 6.33 Å². The number of carbonyl (C=O) groups is 1. The molecule has 3 rings (SSSR count). The van der Waals surface area contributed by atoms with Crippen LogP contribution in [0.4, 0.5) is 0 Å². The smallest absolute Gasteiger partial charge is 0.257 e. The van der Waals surface area contributed by atoms with Crippen molar-refractivity contribution in [3.8, 4) is 5.75 Å². The summed E-state index contributed by atoms with van der Waals surface area (Å²) >= 11 is 0. The highest BCUT2D eigenvalue weighted by Crippen LogP contribution is 2.25. The lowest BCUT2D eigenvalue weighted by Gasteiger charge is -2.33. The van der Waals surface area contributed by atoms with Crippen LogP contribution in [0, 0.1) is 0 Å². The lowest BCUT2D eigenvalue weighted by Crippen LogP contribution is -2.41. The maximum atomic E-state index is 13.0. The largest absolute Gasteiger partial charge is 0.491 e. The summed E-state index contributed by atoms with van der Waals surface area (Å²) < 4.78 is 7.69. The minimum absolute atomic E-state index is 0.0188. The Morgan fingerprint density at radius 1 is 1.36 bits per heavy atom. The number of benzene rings is 1. The molecule has 0 radical (unpaired) electrons. The monoisotopic (exact) mass is 343 g/mol. The number of hydrogen-bond acceptors (Lipinski definition) is 5. The third kappa shape index (κ3) is 4.36. The van der Waals surface area contributed by atoms with Crippen LogP contribution in [-0.4, -0.2) is 70.8 Å². The van der Waals surface area contributed by atoms with Crippen molar-refractivity contribution < 1.29 is 9.53 Å². The number of ether oxygens (including phenoxy) is 1. The van der Waals surface area contributed by atoms with E-state index in [2.05, 4.69) is 15.0 Å². The fourth-order valence-corrected chi connectivity index (χ4v) is 3.04. The van der Waals surface area contributed by atoms with Gasteiger partial charge in [-0.3, -0.25) is 4.79 Å². The Morgan fingerprint density at radius 3 is 2.96 bits per heavy atom. The number of nitrogens with zero attached hydrogens (tertiary/aromatic N) is 5. The highest BCUT2D eigenvalue weighted by Gasteiger charge is 2.27. The minimum atomic E-state index is 0.0188. The Kier molecular flexibility index (Phi) is 5.65. The summed E-state index contributed by atoms with van der Waals surface area (Å²) in [6.07, 6.45) is 5.22. The number of rotatable bonds is 6. The zero-order chi connectivity index (χ0) is 17.6. The van der Waals surface area contributed by atoms with Crippen LogP contribution < -0.4 is 4.74 Å². The van der Waals surface area contributed by atoms with E-state index in [1.807, 2.05) is 47.9 Å². The maximum absolute atomic E-state index is 13.0. The first-order valence-corrected chi connectivity index (χ1v) is 8.65. The van der Waals surface area contributed by atoms with Crippen molar-refractivity contribution in [3.63, 3.8) is 0 Å². The Hall–Kier alpha value is -2.41.